The zero-order valence-corrected chi connectivity index (χ0v) is 16.3. The first-order valence-electron chi connectivity index (χ1n) is 9.68. The summed E-state index contributed by atoms with van der Waals surface area (Å²) in [4.78, 5) is 12.3. The molecule has 148 valence electrons. The highest BCUT2D eigenvalue weighted by Crippen LogP contribution is 2.29. The van der Waals surface area contributed by atoms with Crippen LogP contribution in [0.15, 0.2) is 76.4 Å². The first-order chi connectivity index (χ1) is 14.7. The number of hydrogen-bond donors (Lipinski definition) is 2. The number of hydrazone groups is 1. The Morgan fingerprint density at radius 3 is 2.83 bits per heavy atom. The van der Waals surface area contributed by atoms with Crippen LogP contribution in [0.4, 0.5) is 0 Å². The number of rotatable bonds is 5. The standard InChI is InChI=1S/C23H19N5O2/c1-2-28-20-7-4-3-6-16(20)17-12-15(9-10-21(17)28)14-24-27-23(29)19-13-18(25-26-19)22-8-5-11-30-22/h3-14H,2H2,1H3,(H,25,26)(H,27,29). The third kappa shape index (κ3) is 3.06. The van der Waals surface area contributed by atoms with Crippen LogP contribution < -0.4 is 5.43 Å². The largest absolute Gasteiger partial charge is 0.463 e. The van der Waals surface area contributed by atoms with Gasteiger partial charge in [0.25, 0.3) is 5.91 Å². The fraction of sp³-hybridized carbons (Fsp3) is 0.0870. The zero-order valence-electron chi connectivity index (χ0n) is 16.3. The molecule has 0 spiro atoms. The number of aromatic amines is 1. The van der Waals surface area contributed by atoms with Gasteiger partial charge in [-0.15, -0.1) is 0 Å². The molecular weight excluding hydrogens is 378 g/mol. The van der Waals surface area contributed by atoms with Gasteiger partial charge in [0, 0.05) is 34.4 Å². The fourth-order valence-electron chi connectivity index (χ4n) is 3.71. The van der Waals surface area contributed by atoms with Crippen molar-refractivity contribution in [2.75, 3.05) is 0 Å². The van der Waals surface area contributed by atoms with Crippen molar-refractivity contribution in [2.45, 2.75) is 13.5 Å². The minimum atomic E-state index is -0.399. The van der Waals surface area contributed by atoms with E-state index in [2.05, 4.69) is 62.5 Å². The summed E-state index contributed by atoms with van der Waals surface area (Å²) in [6.07, 6.45) is 3.20. The molecule has 1 amide bonds. The van der Waals surface area contributed by atoms with Gasteiger partial charge >= 0.3 is 0 Å². The van der Waals surface area contributed by atoms with E-state index < -0.39 is 5.91 Å². The molecule has 0 unspecified atom stereocenters. The Morgan fingerprint density at radius 2 is 2.00 bits per heavy atom. The highest BCUT2D eigenvalue weighted by molar-refractivity contribution is 6.09. The van der Waals surface area contributed by atoms with Crippen LogP contribution in [0, 0.1) is 0 Å². The molecule has 0 aliphatic rings. The molecule has 0 saturated heterocycles. The number of H-pyrrole nitrogens is 1. The summed E-state index contributed by atoms with van der Waals surface area (Å²) in [7, 11) is 0. The second-order valence-corrected chi connectivity index (χ2v) is 6.88. The lowest BCUT2D eigenvalue weighted by Gasteiger charge is -2.02. The normalized spacial score (nSPS) is 11.6. The number of carbonyl (C=O) groups is 1. The van der Waals surface area contributed by atoms with E-state index >= 15 is 0 Å². The molecule has 5 rings (SSSR count). The molecule has 5 aromatic rings. The van der Waals surface area contributed by atoms with Gasteiger partial charge in [-0.3, -0.25) is 9.89 Å². The van der Waals surface area contributed by atoms with E-state index in [0.29, 0.717) is 11.5 Å². The highest BCUT2D eigenvalue weighted by atomic mass is 16.3. The molecule has 0 fully saturated rings. The molecule has 0 saturated carbocycles. The Balaban J connectivity index is 1.37. The third-order valence-electron chi connectivity index (χ3n) is 5.09. The summed E-state index contributed by atoms with van der Waals surface area (Å²) in [5.41, 5.74) is 6.68. The molecular formula is C23H19N5O2. The summed E-state index contributed by atoms with van der Waals surface area (Å²) < 4.78 is 7.59. The molecule has 2 N–H and O–H groups in total. The molecule has 3 heterocycles. The van der Waals surface area contributed by atoms with Crippen LogP contribution in [0.3, 0.4) is 0 Å². The first kappa shape index (κ1) is 17.9. The molecule has 2 aromatic carbocycles. The van der Waals surface area contributed by atoms with Crippen molar-refractivity contribution < 1.29 is 9.21 Å². The monoisotopic (exact) mass is 397 g/mol. The van der Waals surface area contributed by atoms with E-state index in [0.717, 1.165) is 17.5 Å². The summed E-state index contributed by atoms with van der Waals surface area (Å²) in [6, 6.07) is 19.7. The number of carbonyl (C=O) groups excluding carboxylic acids is 1. The molecule has 0 atom stereocenters. The minimum absolute atomic E-state index is 0.236. The third-order valence-corrected chi connectivity index (χ3v) is 5.09. The maximum absolute atomic E-state index is 12.3. The van der Waals surface area contributed by atoms with Gasteiger partial charge in [0.1, 0.15) is 5.69 Å². The molecule has 7 heteroatoms. The predicted octanol–water partition coefficient (Wildman–Crippen LogP) is 4.56. The van der Waals surface area contributed by atoms with Crippen molar-refractivity contribution in [2.24, 2.45) is 5.10 Å². The second-order valence-electron chi connectivity index (χ2n) is 6.88. The average molecular weight is 397 g/mol. The second kappa shape index (κ2) is 7.36. The van der Waals surface area contributed by atoms with Gasteiger partial charge in [-0.2, -0.15) is 10.2 Å². The highest BCUT2D eigenvalue weighted by Gasteiger charge is 2.12. The summed E-state index contributed by atoms with van der Waals surface area (Å²) >= 11 is 0. The fourth-order valence-corrected chi connectivity index (χ4v) is 3.71. The molecule has 3 aromatic heterocycles. The van der Waals surface area contributed by atoms with Crippen LogP contribution in [-0.2, 0) is 6.54 Å². The van der Waals surface area contributed by atoms with E-state index in [-0.39, 0.29) is 5.69 Å². The molecule has 0 aliphatic heterocycles. The Morgan fingerprint density at radius 1 is 1.13 bits per heavy atom. The Kier molecular flexibility index (Phi) is 4.40. The average Bonchev–Trinajstić information content (AvgIpc) is 3.51. The van der Waals surface area contributed by atoms with Crippen molar-refractivity contribution in [1.82, 2.24) is 20.2 Å². The van der Waals surface area contributed by atoms with Crippen molar-refractivity contribution in [1.29, 1.82) is 0 Å². The van der Waals surface area contributed by atoms with Gasteiger partial charge < -0.3 is 8.98 Å². The van der Waals surface area contributed by atoms with Crippen molar-refractivity contribution in [3.63, 3.8) is 0 Å². The number of furan rings is 1. The number of aryl methyl sites for hydroxylation is 1. The lowest BCUT2D eigenvalue weighted by Crippen LogP contribution is -2.17. The number of nitrogens with one attached hydrogen (secondary N) is 2. The number of benzene rings is 2. The lowest BCUT2D eigenvalue weighted by atomic mass is 10.1. The number of amides is 1. The Hall–Kier alpha value is -4.13. The Labute approximate surface area is 172 Å². The smallest absolute Gasteiger partial charge is 0.291 e. The first-order valence-corrected chi connectivity index (χ1v) is 9.68. The summed E-state index contributed by atoms with van der Waals surface area (Å²) in [5.74, 6) is 0.216. The van der Waals surface area contributed by atoms with E-state index in [1.54, 1.807) is 30.7 Å². The Bertz CT molecular complexity index is 1380. The van der Waals surface area contributed by atoms with Crippen LogP contribution in [0.1, 0.15) is 23.0 Å². The van der Waals surface area contributed by atoms with Crippen LogP contribution in [0.25, 0.3) is 33.3 Å². The SMILES string of the molecule is CCn1c2ccccc2c2cc(C=NNC(=O)c3cc(-c4ccco4)[nH]n3)ccc21. The maximum Gasteiger partial charge on any atom is 0.291 e. The van der Waals surface area contributed by atoms with Crippen molar-refractivity contribution in [3.05, 3.63) is 78.2 Å². The molecule has 0 bridgehead atoms. The van der Waals surface area contributed by atoms with Gasteiger partial charge in [0.05, 0.1) is 12.5 Å². The number of fused-ring (bicyclic) bond motifs is 3. The summed E-state index contributed by atoms with van der Waals surface area (Å²) in [6.45, 7) is 3.04. The van der Waals surface area contributed by atoms with Crippen LogP contribution in [0.5, 0.6) is 0 Å². The van der Waals surface area contributed by atoms with Crippen molar-refractivity contribution >= 4 is 33.9 Å². The molecule has 0 aliphatic carbocycles. The van der Waals surface area contributed by atoms with E-state index in [9.17, 15) is 4.79 Å². The molecule has 30 heavy (non-hydrogen) atoms. The minimum Gasteiger partial charge on any atom is -0.463 e. The quantitative estimate of drug-likeness (QED) is 0.337. The lowest BCUT2D eigenvalue weighted by molar-refractivity contribution is 0.0950. The van der Waals surface area contributed by atoms with Gasteiger partial charge in [-0.25, -0.2) is 5.43 Å². The van der Waals surface area contributed by atoms with E-state index in [1.165, 1.54) is 16.4 Å². The van der Waals surface area contributed by atoms with Crippen molar-refractivity contribution in [3.8, 4) is 11.5 Å². The predicted molar refractivity (Wildman–Crippen MR) is 116 cm³/mol. The molecule has 0 radical (unpaired) electrons. The van der Waals surface area contributed by atoms with Gasteiger partial charge in [0.15, 0.2) is 11.5 Å². The number of hydrogen-bond acceptors (Lipinski definition) is 4. The van der Waals surface area contributed by atoms with Crippen LogP contribution >= 0.6 is 0 Å². The van der Waals surface area contributed by atoms with E-state index in [1.807, 2.05) is 12.1 Å². The van der Waals surface area contributed by atoms with Gasteiger partial charge in [0.2, 0.25) is 0 Å². The number of para-hydroxylation sites is 1. The zero-order chi connectivity index (χ0) is 20.5. The number of aromatic nitrogens is 3. The van der Waals surface area contributed by atoms with Crippen LogP contribution in [0.2, 0.25) is 0 Å². The number of nitrogens with zero attached hydrogens (tertiary/aromatic N) is 3. The van der Waals surface area contributed by atoms with E-state index in [4.69, 9.17) is 4.42 Å². The van der Waals surface area contributed by atoms with Gasteiger partial charge in [-0.1, -0.05) is 24.3 Å². The summed E-state index contributed by atoms with van der Waals surface area (Å²) in [5, 5.41) is 13.3. The molecule has 7 nitrogen and oxygen atoms in total. The van der Waals surface area contributed by atoms with Gasteiger partial charge in [-0.05, 0) is 42.8 Å². The topological polar surface area (TPSA) is 88.2 Å². The maximum atomic E-state index is 12.3. The van der Waals surface area contributed by atoms with Crippen LogP contribution in [-0.4, -0.2) is 26.9 Å².